The van der Waals surface area contributed by atoms with Gasteiger partial charge in [-0.1, -0.05) is 0 Å². The van der Waals surface area contributed by atoms with Crippen LogP contribution in [0, 0.1) is 10.1 Å². The molecule has 1 N–H and O–H groups in total. The zero-order valence-corrected chi connectivity index (χ0v) is 10.9. The van der Waals surface area contributed by atoms with Crippen molar-refractivity contribution < 1.29 is 4.92 Å². The van der Waals surface area contributed by atoms with E-state index < -0.39 is 4.92 Å². The Morgan fingerprint density at radius 2 is 2.18 bits per heavy atom. The number of nitrogens with one attached hydrogen (secondary N) is 1. The SMILES string of the molecule is CN(C)C(C)(C)CNc1nn(C)cc1[N+](=O)[O-]. The Hall–Kier alpha value is -1.63. The summed E-state index contributed by atoms with van der Waals surface area (Å²) in [4.78, 5) is 12.4. The molecule has 0 atom stereocenters. The Kier molecular flexibility index (Phi) is 3.72. The van der Waals surface area contributed by atoms with Gasteiger partial charge in [0.15, 0.2) is 0 Å². The molecule has 0 bridgehead atoms. The monoisotopic (exact) mass is 241 g/mol. The summed E-state index contributed by atoms with van der Waals surface area (Å²) in [7, 11) is 5.60. The summed E-state index contributed by atoms with van der Waals surface area (Å²) < 4.78 is 1.43. The van der Waals surface area contributed by atoms with Crippen molar-refractivity contribution in [3.8, 4) is 0 Å². The van der Waals surface area contributed by atoms with Gasteiger partial charge in [-0.3, -0.25) is 14.8 Å². The number of anilines is 1. The van der Waals surface area contributed by atoms with Crippen molar-refractivity contribution in [1.29, 1.82) is 0 Å². The second-order valence-electron chi connectivity index (χ2n) is 4.85. The average molecular weight is 241 g/mol. The fourth-order valence-electron chi connectivity index (χ4n) is 1.19. The van der Waals surface area contributed by atoms with Gasteiger partial charge in [0, 0.05) is 19.1 Å². The molecule has 0 fully saturated rings. The molecule has 0 saturated carbocycles. The zero-order valence-electron chi connectivity index (χ0n) is 10.9. The largest absolute Gasteiger partial charge is 0.361 e. The normalized spacial score (nSPS) is 11.9. The standard InChI is InChI=1S/C10H19N5O2/c1-10(2,13(3)4)7-11-9-8(15(16)17)6-14(5)12-9/h6H,7H2,1-5H3,(H,11,12). The maximum atomic E-state index is 10.8. The summed E-state index contributed by atoms with van der Waals surface area (Å²) in [5.41, 5.74) is -0.104. The highest BCUT2D eigenvalue weighted by atomic mass is 16.6. The number of nitrogens with zero attached hydrogens (tertiary/aromatic N) is 4. The highest BCUT2D eigenvalue weighted by Gasteiger charge is 2.24. The van der Waals surface area contributed by atoms with Crippen molar-refractivity contribution in [2.75, 3.05) is 26.0 Å². The number of hydrogen-bond acceptors (Lipinski definition) is 5. The van der Waals surface area contributed by atoms with Crippen molar-refractivity contribution in [3.05, 3.63) is 16.3 Å². The molecular weight excluding hydrogens is 222 g/mol. The van der Waals surface area contributed by atoms with E-state index >= 15 is 0 Å². The highest BCUT2D eigenvalue weighted by molar-refractivity contribution is 5.54. The summed E-state index contributed by atoms with van der Waals surface area (Å²) >= 11 is 0. The Labute approximate surface area is 101 Å². The van der Waals surface area contributed by atoms with Gasteiger partial charge >= 0.3 is 5.69 Å². The molecule has 17 heavy (non-hydrogen) atoms. The summed E-state index contributed by atoms with van der Waals surface area (Å²) in [6, 6.07) is 0. The van der Waals surface area contributed by atoms with Gasteiger partial charge in [-0.2, -0.15) is 0 Å². The maximum absolute atomic E-state index is 10.8. The first-order valence-corrected chi connectivity index (χ1v) is 5.33. The third-order valence-electron chi connectivity index (χ3n) is 2.91. The molecule has 1 aromatic rings. The Morgan fingerprint density at radius 1 is 1.59 bits per heavy atom. The minimum absolute atomic E-state index is 0.00190. The van der Waals surface area contributed by atoms with Gasteiger partial charge in [0.1, 0.15) is 6.20 Å². The molecule has 1 rings (SSSR count). The predicted octanol–water partition coefficient (Wildman–Crippen LogP) is 1.08. The van der Waals surface area contributed by atoms with Crippen LogP contribution in [0.3, 0.4) is 0 Å². The number of likely N-dealkylation sites (N-methyl/N-ethyl adjacent to an activating group) is 1. The molecule has 0 unspecified atom stereocenters. The molecule has 7 heteroatoms. The van der Waals surface area contributed by atoms with Crippen LogP contribution in [0.2, 0.25) is 0 Å². The Bertz CT molecular complexity index is 411. The Morgan fingerprint density at radius 3 is 2.65 bits per heavy atom. The van der Waals surface area contributed by atoms with Crippen LogP contribution in [-0.2, 0) is 7.05 Å². The van der Waals surface area contributed by atoms with Gasteiger partial charge < -0.3 is 10.2 Å². The van der Waals surface area contributed by atoms with E-state index in [2.05, 4.69) is 29.2 Å². The minimum Gasteiger partial charge on any atom is -0.361 e. The van der Waals surface area contributed by atoms with Gasteiger partial charge in [-0.05, 0) is 27.9 Å². The van der Waals surface area contributed by atoms with Crippen molar-refractivity contribution in [2.24, 2.45) is 7.05 Å². The second kappa shape index (κ2) is 4.70. The van der Waals surface area contributed by atoms with Crippen molar-refractivity contribution in [3.63, 3.8) is 0 Å². The third-order valence-corrected chi connectivity index (χ3v) is 2.91. The molecular formula is C10H19N5O2. The quantitative estimate of drug-likeness (QED) is 0.616. The van der Waals surface area contributed by atoms with E-state index in [0.29, 0.717) is 12.4 Å². The van der Waals surface area contributed by atoms with E-state index in [9.17, 15) is 10.1 Å². The number of rotatable bonds is 5. The first-order chi connectivity index (χ1) is 7.74. The fraction of sp³-hybridized carbons (Fsp3) is 0.700. The Balaban J connectivity index is 2.79. The molecule has 0 aliphatic carbocycles. The summed E-state index contributed by atoms with van der Waals surface area (Å²) in [5.74, 6) is 0.312. The molecule has 1 aromatic heterocycles. The van der Waals surface area contributed by atoms with Crippen molar-refractivity contribution in [1.82, 2.24) is 14.7 Å². The van der Waals surface area contributed by atoms with E-state index in [-0.39, 0.29) is 11.2 Å². The van der Waals surface area contributed by atoms with Gasteiger partial charge in [-0.15, -0.1) is 5.10 Å². The topological polar surface area (TPSA) is 76.2 Å². The van der Waals surface area contributed by atoms with Crippen molar-refractivity contribution in [2.45, 2.75) is 19.4 Å². The average Bonchev–Trinajstić information content (AvgIpc) is 2.56. The lowest BCUT2D eigenvalue weighted by molar-refractivity contribution is -0.384. The van der Waals surface area contributed by atoms with E-state index in [1.54, 1.807) is 7.05 Å². The molecule has 0 aliphatic rings. The van der Waals surface area contributed by atoms with Gasteiger partial charge in [0.2, 0.25) is 5.82 Å². The molecule has 96 valence electrons. The molecule has 0 aromatic carbocycles. The van der Waals surface area contributed by atoms with E-state index in [1.165, 1.54) is 10.9 Å². The van der Waals surface area contributed by atoms with Crippen LogP contribution in [0.25, 0.3) is 0 Å². The number of hydrogen-bond donors (Lipinski definition) is 1. The van der Waals surface area contributed by atoms with Gasteiger partial charge in [-0.25, -0.2) is 0 Å². The summed E-state index contributed by atoms with van der Waals surface area (Å²) in [5, 5.41) is 17.9. The lowest BCUT2D eigenvalue weighted by Gasteiger charge is -2.32. The van der Waals surface area contributed by atoms with Crippen LogP contribution in [0.1, 0.15) is 13.8 Å². The number of aromatic nitrogens is 2. The van der Waals surface area contributed by atoms with Crippen LogP contribution in [-0.4, -0.2) is 45.8 Å². The predicted molar refractivity (Wildman–Crippen MR) is 66.1 cm³/mol. The van der Waals surface area contributed by atoms with E-state index in [1.807, 2.05) is 14.1 Å². The second-order valence-corrected chi connectivity index (χ2v) is 4.85. The van der Waals surface area contributed by atoms with Gasteiger partial charge in [0.25, 0.3) is 0 Å². The van der Waals surface area contributed by atoms with Crippen LogP contribution < -0.4 is 5.32 Å². The first-order valence-electron chi connectivity index (χ1n) is 5.33. The molecule has 7 nitrogen and oxygen atoms in total. The van der Waals surface area contributed by atoms with Crippen molar-refractivity contribution >= 4 is 11.5 Å². The molecule has 0 amide bonds. The van der Waals surface area contributed by atoms with Crippen LogP contribution in [0.4, 0.5) is 11.5 Å². The molecule has 0 radical (unpaired) electrons. The van der Waals surface area contributed by atoms with E-state index in [4.69, 9.17) is 0 Å². The molecule has 0 spiro atoms. The highest BCUT2D eigenvalue weighted by Crippen LogP contribution is 2.22. The van der Waals surface area contributed by atoms with Crippen LogP contribution >= 0.6 is 0 Å². The minimum atomic E-state index is -0.433. The fourth-order valence-corrected chi connectivity index (χ4v) is 1.19. The summed E-state index contributed by atoms with van der Waals surface area (Å²) in [6.45, 7) is 4.68. The molecule has 1 heterocycles. The first kappa shape index (κ1) is 13.4. The molecule has 0 aliphatic heterocycles. The zero-order chi connectivity index (χ0) is 13.2. The lowest BCUT2D eigenvalue weighted by atomic mass is 10.0. The smallest absolute Gasteiger partial charge is 0.330 e. The number of aryl methyl sites for hydroxylation is 1. The van der Waals surface area contributed by atoms with Crippen LogP contribution in [0.5, 0.6) is 0 Å². The molecule has 0 saturated heterocycles. The summed E-state index contributed by atoms with van der Waals surface area (Å²) in [6.07, 6.45) is 1.39. The third kappa shape index (κ3) is 3.16. The van der Waals surface area contributed by atoms with Crippen LogP contribution in [0.15, 0.2) is 6.20 Å². The lowest BCUT2D eigenvalue weighted by Crippen LogP contribution is -2.44. The van der Waals surface area contributed by atoms with E-state index in [0.717, 1.165) is 0 Å². The number of nitro groups is 1. The maximum Gasteiger partial charge on any atom is 0.330 e. The van der Waals surface area contributed by atoms with Gasteiger partial charge in [0.05, 0.1) is 4.92 Å².